The second-order valence-electron chi connectivity index (χ2n) is 6.02. The number of esters is 2. The first-order valence-corrected chi connectivity index (χ1v) is 7.58. The van der Waals surface area contributed by atoms with E-state index in [-0.39, 0.29) is 5.57 Å². The van der Waals surface area contributed by atoms with Crippen LogP contribution in [-0.4, -0.2) is 35.4 Å². The van der Waals surface area contributed by atoms with Crippen LogP contribution in [0.25, 0.3) is 0 Å². The zero-order chi connectivity index (χ0) is 17.1. The Morgan fingerprint density at radius 2 is 2.17 bits per heavy atom. The molecular formula is C18H22O5. The van der Waals surface area contributed by atoms with Gasteiger partial charge in [-0.2, -0.15) is 0 Å². The van der Waals surface area contributed by atoms with Crippen LogP contribution in [0.1, 0.15) is 26.7 Å². The summed E-state index contributed by atoms with van der Waals surface area (Å²) in [5.41, 5.74) is 1.96. The van der Waals surface area contributed by atoms with Crippen LogP contribution >= 0.6 is 0 Å². The van der Waals surface area contributed by atoms with E-state index in [0.29, 0.717) is 18.4 Å². The molecule has 0 aromatic rings. The molecular weight excluding hydrogens is 296 g/mol. The number of aliphatic hydroxyl groups is 1. The van der Waals surface area contributed by atoms with E-state index in [9.17, 15) is 14.7 Å². The van der Waals surface area contributed by atoms with Crippen LogP contribution in [0, 0.1) is 5.92 Å². The van der Waals surface area contributed by atoms with E-state index >= 15 is 0 Å². The zero-order valence-corrected chi connectivity index (χ0v) is 13.5. The van der Waals surface area contributed by atoms with Crippen LogP contribution in [0.5, 0.6) is 0 Å². The molecule has 0 amide bonds. The van der Waals surface area contributed by atoms with Gasteiger partial charge in [-0.1, -0.05) is 24.8 Å². The molecule has 5 nitrogen and oxygen atoms in total. The van der Waals surface area contributed by atoms with Crippen molar-refractivity contribution in [2.75, 3.05) is 0 Å². The van der Waals surface area contributed by atoms with E-state index in [0.717, 1.165) is 11.6 Å². The third-order valence-corrected chi connectivity index (χ3v) is 4.26. The minimum Gasteiger partial charge on any atom is -0.458 e. The summed E-state index contributed by atoms with van der Waals surface area (Å²) in [7, 11) is 0. The van der Waals surface area contributed by atoms with Crippen LogP contribution in [0.15, 0.2) is 48.1 Å². The van der Waals surface area contributed by atoms with Gasteiger partial charge >= 0.3 is 11.9 Å². The van der Waals surface area contributed by atoms with E-state index in [1.54, 1.807) is 13.0 Å². The number of hydrogen-bond acceptors (Lipinski definition) is 5. The van der Waals surface area contributed by atoms with E-state index in [4.69, 9.17) is 9.47 Å². The van der Waals surface area contributed by atoms with Crippen molar-refractivity contribution < 1.29 is 24.2 Å². The molecule has 0 unspecified atom stereocenters. The van der Waals surface area contributed by atoms with Gasteiger partial charge in [-0.3, -0.25) is 0 Å². The molecule has 1 saturated heterocycles. The Hall–Kier alpha value is -2.14. The van der Waals surface area contributed by atoms with Crippen LogP contribution in [-0.2, 0) is 19.1 Å². The minimum absolute atomic E-state index is 0.281. The molecule has 2 aliphatic rings. The van der Waals surface area contributed by atoms with Crippen LogP contribution in [0.2, 0.25) is 0 Å². The molecule has 0 spiro atoms. The van der Waals surface area contributed by atoms with Crippen molar-refractivity contribution in [3.05, 3.63) is 48.1 Å². The summed E-state index contributed by atoms with van der Waals surface area (Å²) in [5, 5.41) is 10.1. The van der Waals surface area contributed by atoms with Gasteiger partial charge < -0.3 is 14.6 Å². The summed E-state index contributed by atoms with van der Waals surface area (Å²) in [4.78, 5) is 23.6. The second kappa shape index (κ2) is 6.96. The fourth-order valence-corrected chi connectivity index (χ4v) is 2.89. The highest BCUT2D eigenvalue weighted by Gasteiger charge is 2.44. The number of carbonyl (C=O) groups excluding carboxylic acids is 2. The van der Waals surface area contributed by atoms with Gasteiger partial charge in [0.05, 0.1) is 12.0 Å². The molecule has 1 N–H and O–H groups in total. The third kappa shape index (κ3) is 3.79. The van der Waals surface area contributed by atoms with Crippen LogP contribution in [0.4, 0.5) is 0 Å². The maximum absolute atomic E-state index is 11.9. The molecule has 0 saturated carbocycles. The lowest BCUT2D eigenvalue weighted by Gasteiger charge is -2.27. The lowest BCUT2D eigenvalue weighted by Crippen LogP contribution is -2.33. The van der Waals surface area contributed by atoms with Crippen LogP contribution in [0.3, 0.4) is 0 Å². The number of carbonyl (C=O) groups is 2. The summed E-state index contributed by atoms with van der Waals surface area (Å²) in [6, 6.07) is 0. The fourth-order valence-electron chi connectivity index (χ4n) is 2.89. The van der Waals surface area contributed by atoms with Gasteiger partial charge in [0.25, 0.3) is 0 Å². The SMILES string of the molecule is C=CC(=O)O[C@@H]1C/C(C)=C\C[C@@H](O)/C(C)=C/[C@@H]2OC(=O)C(=C)[C@H]21. The number of aliphatic hydroxyl groups excluding tert-OH is 1. The molecule has 0 bridgehead atoms. The Kier molecular flexibility index (Phi) is 5.21. The third-order valence-electron chi connectivity index (χ3n) is 4.26. The average Bonchev–Trinajstić information content (AvgIpc) is 2.77. The van der Waals surface area contributed by atoms with Gasteiger partial charge in [0.15, 0.2) is 0 Å². The molecule has 1 aliphatic heterocycles. The van der Waals surface area contributed by atoms with Crippen molar-refractivity contribution >= 4 is 11.9 Å². The van der Waals surface area contributed by atoms with Crippen molar-refractivity contribution in [1.82, 2.24) is 0 Å². The van der Waals surface area contributed by atoms with Gasteiger partial charge in [-0.05, 0) is 31.9 Å². The number of fused-ring (bicyclic) bond motifs is 1. The van der Waals surface area contributed by atoms with Gasteiger partial charge in [-0.25, -0.2) is 9.59 Å². The molecule has 0 radical (unpaired) electrons. The summed E-state index contributed by atoms with van der Waals surface area (Å²) in [6.07, 6.45) is 3.83. The zero-order valence-electron chi connectivity index (χ0n) is 13.5. The average molecular weight is 318 g/mol. The van der Waals surface area contributed by atoms with Crippen molar-refractivity contribution in [1.29, 1.82) is 0 Å². The van der Waals surface area contributed by atoms with E-state index in [1.165, 1.54) is 0 Å². The quantitative estimate of drug-likeness (QED) is 0.480. The van der Waals surface area contributed by atoms with Crippen molar-refractivity contribution in [2.45, 2.75) is 45.0 Å². The fraction of sp³-hybridized carbons (Fsp3) is 0.444. The Balaban J connectivity index is 2.43. The minimum atomic E-state index is -0.634. The molecule has 124 valence electrons. The first-order chi connectivity index (χ1) is 10.8. The Morgan fingerprint density at radius 3 is 2.83 bits per heavy atom. The maximum Gasteiger partial charge on any atom is 0.334 e. The normalized spacial score (nSPS) is 36.0. The highest BCUT2D eigenvalue weighted by Crippen LogP contribution is 2.36. The van der Waals surface area contributed by atoms with Crippen LogP contribution < -0.4 is 0 Å². The highest BCUT2D eigenvalue weighted by atomic mass is 16.6. The second-order valence-corrected chi connectivity index (χ2v) is 6.02. The number of ether oxygens (including phenoxy) is 2. The molecule has 0 aromatic heterocycles. The van der Waals surface area contributed by atoms with Gasteiger partial charge in [0, 0.05) is 18.1 Å². The van der Waals surface area contributed by atoms with Gasteiger partial charge in [0.1, 0.15) is 12.2 Å². The molecule has 5 heteroatoms. The predicted molar refractivity (Wildman–Crippen MR) is 85.3 cm³/mol. The molecule has 2 rings (SSSR count). The van der Waals surface area contributed by atoms with E-state index in [2.05, 4.69) is 13.2 Å². The largest absolute Gasteiger partial charge is 0.458 e. The van der Waals surface area contributed by atoms with Gasteiger partial charge in [-0.15, -0.1) is 0 Å². The van der Waals surface area contributed by atoms with Crippen molar-refractivity contribution in [2.24, 2.45) is 5.92 Å². The van der Waals surface area contributed by atoms with Crippen molar-refractivity contribution in [3.8, 4) is 0 Å². The molecule has 23 heavy (non-hydrogen) atoms. The Morgan fingerprint density at radius 1 is 1.48 bits per heavy atom. The summed E-state index contributed by atoms with van der Waals surface area (Å²) >= 11 is 0. The maximum atomic E-state index is 11.9. The smallest absolute Gasteiger partial charge is 0.334 e. The van der Waals surface area contributed by atoms with E-state index in [1.807, 2.05) is 13.0 Å². The standard InChI is InChI=1S/C18H22O5/c1-5-16(20)22-14-8-10(2)6-7-13(19)11(3)9-15-17(14)12(4)18(21)23-15/h5-6,9,13-15,17,19H,1,4,7-8H2,2-3H3/b10-6-,11-9+/t13-,14-,15+,17+/m1/s1. The monoisotopic (exact) mass is 318 g/mol. The molecule has 1 aliphatic carbocycles. The highest BCUT2D eigenvalue weighted by molar-refractivity contribution is 5.91. The summed E-state index contributed by atoms with van der Waals surface area (Å²) < 4.78 is 10.8. The molecule has 1 fully saturated rings. The Labute approximate surface area is 136 Å². The molecule has 1 heterocycles. The predicted octanol–water partition coefficient (Wildman–Crippen LogP) is 2.23. The lowest BCUT2D eigenvalue weighted by molar-refractivity contribution is -0.145. The molecule has 0 aromatic carbocycles. The first kappa shape index (κ1) is 17.2. The topological polar surface area (TPSA) is 72.8 Å². The molecule has 4 atom stereocenters. The van der Waals surface area contributed by atoms with Gasteiger partial charge in [0.2, 0.25) is 0 Å². The lowest BCUT2D eigenvalue weighted by atomic mass is 9.85. The Bertz CT molecular complexity index is 599. The first-order valence-electron chi connectivity index (χ1n) is 7.58. The number of rotatable bonds is 2. The van der Waals surface area contributed by atoms with E-state index < -0.39 is 36.2 Å². The summed E-state index contributed by atoms with van der Waals surface area (Å²) in [5.74, 6) is -1.53. The van der Waals surface area contributed by atoms with Crippen molar-refractivity contribution in [3.63, 3.8) is 0 Å². The number of hydrogen-bond donors (Lipinski definition) is 1. The summed E-state index contributed by atoms with van der Waals surface area (Å²) in [6.45, 7) is 10.9.